The fourth-order valence-corrected chi connectivity index (χ4v) is 2.87. The molecule has 1 aliphatic carbocycles. The van der Waals surface area contributed by atoms with Crippen molar-refractivity contribution in [2.45, 2.75) is 58.4 Å². The van der Waals surface area contributed by atoms with Crippen LogP contribution in [0.2, 0.25) is 0 Å². The molecule has 1 aliphatic rings. The first-order valence-corrected chi connectivity index (χ1v) is 7.17. The van der Waals surface area contributed by atoms with Crippen LogP contribution in [0.5, 0.6) is 0 Å². The number of hydrogen-bond acceptors (Lipinski definition) is 4. The van der Waals surface area contributed by atoms with Gasteiger partial charge in [-0.25, -0.2) is 0 Å². The summed E-state index contributed by atoms with van der Waals surface area (Å²) in [5.74, 6) is 2.99. The highest BCUT2D eigenvalue weighted by molar-refractivity contribution is 4.92. The lowest BCUT2D eigenvalue weighted by Gasteiger charge is -2.20. The zero-order valence-electron chi connectivity index (χ0n) is 11.8. The Morgan fingerprint density at radius 1 is 1.28 bits per heavy atom. The van der Waals surface area contributed by atoms with E-state index in [-0.39, 0.29) is 0 Å². The zero-order chi connectivity index (χ0) is 13.0. The summed E-state index contributed by atoms with van der Waals surface area (Å²) >= 11 is 0. The molecule has 1 aromatic heterocycles. The van der Waals surface area contributed by atoms with Crippen LogP contribution in [-0.4, -0.2) is 23.2 Å². The maximum absolute atomic E-state index is 5.36. The maximum atomic E-state index is 5.36. The van der Waals surface area contributed by atoms with Gasteiger partial charge >= 0.3 is 0 Å². The SMILES string of the molecule is CNC(Cc1nc(CC(C)C)no1)C1CCCC1. The fourth-order valence-electron chi connectivity index (χ4n) is 2.87. The van der Waals surface area contributed by atoms with Crippen molar-refractivity contribution in [1.82, 2.24) is 15.5 Å². The Hall–Kier alpha value is -0.900. The van der Waals surface area contributed by atoms with Crippen molar-refractivity contribution in [2.24, 2.45) is 11.8 Å². The van der Waals surface area contributed by atoms with Crippen molar-refractivity contribution in [3.05, 3.63) is 11.7 Å². The predicted molar refractivity (Wildman–Crippen MR) is 71.3 cm³/mol. The second-order valence-electron chi connectivity index (χ2n) is 5.85. The predicted octanol–water partition coefficient (Wildman–Crippen LogP) is 2.59. The highest BCUT2D eigenvalue weighted by Crippen LogP contribution is 2.28. The van der Waals surface area contributed by atoms with E-state index in [4.69, 9.17) is 4.52 Å². The quantitative estimate of drug-likeness (QED) is 0.844. The van der Waals surface area contributed by atoms with Crippen molar-refractivity contribution in [2.75, 3.05) is 7.05 Å². The molecule has 0 radical (unpaired) electrons. The van der Waals surface area contributed by atoms with E-state index in [0.717, 1.165) is 30.5 Å². The van der Waals surface area contributed by atoms with Crippen LogP contribution in [0.15, 0.2) is 4.52 Å². The summed E-state index contributed by atoms with van der Waals surface area (Å²) < 4.78 is 5.36. The van der Waals surface area contributed by atoms with E-state index in [1.807, 2.05) is 7.05 Å². The molecule has 0 saturated heterocycles. The van der Waals surface area contributed by atoms with Gasteiger partial charge in [0.05, 0.1) is 0 Å². The molecule has 1 unspecified atom stereocenters. The van der Waals surface area contributed by atoms with E-state index in [1.54, 1.807) is 0 Å². The number of hydrogen-bond donors (Lipinski definition) is 1. The number of aromatic nitrogens is 2. The minimum atomic E-state index is 0.486. The van der Waals surface area contributed by atoms with Gasteiger partial charge in [0.1, 0.15) is 0 Å². The highest BCUT2D eigenvalue weighted by Gasteiger charge is 2.25. The number of rotatable bonds is 6. The average Bonchev–Trinajstić information content (AvgIpc) is 2.96. The number of nitrogens with zero attached hydrogens (tertiary/aromatic N) is 2. The molecule has 4 heteroatoms. The normalized spacial score (nSPS) is 18.7. The van der Waals surface area contributed by atoms with E-state index in [0.29, 0.717) is 12.0 Å². The molecule has 0 spiro atoms. The van der Waals surface area contributed by atoms with Gasteiger partial charge in [-0.05, 0) is 31.7 Å². The first-order valence-electron chi connectivity index (χ1n) is 7.17. The first kappa shape index (κ1) is 13.5. The Kier molecular flexibility index (Phi) is 4.75. The monoisotopic (exact) mass is 251 g/mol. The third-order valence-corrected chi connectivity index (χ3v) is 3.84. The van der Waals surface area contributed by atoms with Crippen LogP contribution in [0.4, 0.5) is 0 Å². The summed E-state index contributed by atoms with van der Waals surface area (Å²) in [5, 5.41) is 7.47. The molecule has 1 aromatic rings. The molecule has 1 fully saturated rings. The maximum Gasteiger partial charge on any atom is 0.228 e. The lowest BCUT2D eigenvalue weighted by molar-refractivity contribution is 0.316. The van der Waals surface area contributed by atoms with Crippen molar-refractivity contribution >= 4 is 0 Å². The summed E-state index contributed by atoms with van der Waals surface area (Å²) in [7, 11) is 2.04. The lowest BCUT2D eigenvalue weighted by atomic mass is 9.95. The standard InChI is InChI=1S/C14H25N3O/c1-10(2)8-13-16-14(18-17-13)9-12(15-3)11-6-4-5-7-11/h10-12,15H,4-9H2,1-3H3. The molecule has 0 amide bonds. The average molecular weight is 251 g/mol. The van der Waals surface area contributed by atoms with Gasteiger partial charge in [-0.1, -0.05) is 31.8 Å². The minimum absolute atomic E-state index is 0.486. The van der Waals surface area contributed by atoms with Crippen molar-refractivity contribution in [3.63, 3.8) is 0 Å². The molecule has 0 aromatic carbocycles. The van der Waals surface area contributed by atoms with Crippen LogP contribution >= 0.6 is 0 Å². The molecule has 102 valence electrons. The number of nitrogens with one attached hydrogen (secondary N) is 1. The van der Waals surface area contributed by atoms with Crippen LogP contribution < -0.4 is 5.32 Å². The minimum Gasteiger partial charge on any atom is -0.339 e. The van der Waals surface area contributed by atoms with Crippen molar-refractivity contribution in [1.29, 1.82) is 0 Å². The molecule has 2 rings (SSSR count). The topological polar surface area (TPSA) is 51.0 Å². The van der Waals surface area contributed by atoms with Crippen LogP contribution in [0, 0.1) is 11.8 Å². The fraction of sp³-hybridized carbons (Fsp3) is 0.857. The Bertz CT molecular complexity index is 356. The molecular formula is C14H25N3O. The molecule has 1 N–H and O–H groups in total. The van der Waals surface area contributed by atoms with Crippen LogP contribution in [0.1, 0.15) is 51.2 Å². The largest absolute Gasteiger partial charge is 0.339 e. The van der Waals surface area contributed by atoms with Crippen LogP contribution in [0.3, 0.4) is 0 Å². The molecule has 0 aliphatic heterocycles. The summed E-state index contributed by atoms with van der Waals surface area (Å²) in [5.41, 5.74) is 0. The molecule has 0 bridgehead atoms. The molecule has 1 atom stereocenters. The summed E-state index contributed by atoms with van der Waals surface area (Å²) in [6.45, 7) is 4.34. The van der Waals surface area contributed by atoms with Crippen LogP contribution in [-0.2, 0) is 12.8 Å². The van der Waals surface area contributed by atoms with Gasteiger partial charge in [0.2, 0.25) is 5.89 Å². The van der Waals surface area contributed by atoms with E-state index in [2.05, 4.69) is 29.3 Å². The van der Waals surface area contributed by atoms with Gasteiger partial charge in [-0.2, -0.15) is 4.98 Å². The van der Waals surface area contributed by atoms with Crippen LogP contribution in [0.25, 0.3) is 0 Å². The summed E-state index contributed by atoms with van der Waals surface area (Å²) in [6.07, 6.45) is 7.16. The van der Waals surface area contributed by atoms with E-state index in [1.165, 1.54) is 25.7 Å². The van der Waals surface area contributed by atoms with E-state index < -0.39 is 0 Å². The van der Waals surface area contributed by atoms with E-state index in [9.17, 15) is 0 Å². The smallest absolute Gasteiger partial charge is 0.228 e. The second kappa shape index (κ2) is 6.32. The van der Waals surface area contributed by atoms with Gasteiger partial charge in [0, 0.05) is 18.9 Å². The van der Waals surface area contributed by atoms with Gasteiger partial charge in [-0.3, -0.25) is 0 Å². The van der Waals surface area contributed by atoms with E-state index >= 15 is 0 Å². The van der Waals surface area contributed by atoms with Gasteiger partial charge < -0.3 is 9.84 Å². The highest BCUT2D eigenvalue weighted by atomic mass is 16.5. The summed E-state index contributed by atoms with van der Waals surface area (Å²) in [6, 6.07) is 0.486. The summed E-state index contributed by atoms with van der Waals surface area (Å²) in [4.78, 5) is 4.49. The molecule has 4 nitrogen and oxygen atoms in total. The molecule has 1 heterocycles. The van der Waals surface area contributed by atoms with Gasteiger partial charge in [0.25, 0.3) is 0 Å². The Balaban J connectivity index is 1.92. The van der Waals surface area contributed by atoms with Gasteiger partial charge in [-0.15, -0.1) is 0 Å². The van der Waals surface area contributed by atoms with Crippen molar-refractivity contribution in [3.8, 4) is 0 Å². The third kappa shape index (κ3) is 3.55. The molecule has 1 saturated carbocycles. The lowest BCUT2D eigenvalue weighted by Crippen LogP contribution is -2.34. The Morgan fingerprint density at radius 3 is 2.61 bits per heavy atom. The second-order valence-corrected chi connectivity index (χ2v) is 5.85. The third-order valence-electron chi connectivity index (χ3n) is 3.84. The van der Waals surface area contributed by atoms with Crippen molar-refractivity contribution < 1.29 is 4.52 Å². The first-order chi connectivity index (χ1) is 8.69. The molecular weight excluding hydrogens is 226 g/mol. The Morgan fingerprint density at radius 2 is 2.00 bits per heavy atom. The number of likely N-dealkylation sites (N-methyl/N-ethyl adjacent to an activating group) is 1. The zero-order valence-corrected chi connectivity index (χ0v) is 11.8. The Labute approximate surface area is 110 Å². The van der Waals surface area contributed by atoms with Gasteiger partial charge in [0.15, 0.2) is 5.82 Å². The molecule has 18 heavy (non-hydrogen) atoms.